The number of nitrogens with one attached hydrogen (secondary N) is 4. The van der Waals surface area contributed by atoms with Gasteiger partial charge in [0.15, 0.2) is 5.71 Å². The number of allylic oxidation sites excluding steroid dienone is 6. The molecule has 3 unspecified atom stereocenters. The number of likely N-dealkylation sites (N-methyl/N-ethyl adjacent to an activating group) is 1. The molecule has 2 aromatic carbocycles. The molecule has 122 heavy (non-hydrogen) atoms. The molecular formula is C69H97N11O34P4S4. The lowest BCUT2D eigenvalue weighted by atomic mass is 9.81. The molecule has 0 saturated carbocycles. The number of nitrogens with zero attached hydrogens (tertiary/aromatic N) is 6. The number of phosphoric acid groups is 4. The van der Waals surface area contributed by atoms with Crippen molar-refractivity contribution < 1.29 is 155 Å². The van der Waals surface area contributed by atoms with E-state index in [-0.39, 0.29) is 106 Å². The zero-order valence-corrected chi connectivity index (χ0v) is 73.1. The van der Waals surface area contributed by atoms with Gasteiger partial charge in [0.1, 0.15) is 55.5 Å². The second-order valence-electron chi connectivity index (χ2n) is 28.1. The van der Waals surface area contributed by atoms with E-state index in [0.29, 0.717) is 55.0 Å². The summed E-state index contributed by atoms with van der Waals surface area (Å²) in [5, 5.41) is 45.5. The number of nitrogens with two attached hydrogens (primary N) is 1. The van der Waals surface area contributed by atoms with Gasteiger partial charge in [0.25, 0.3) is 10.1 Å². The van der Waals surface area contributed by atoms with Gasteiger partial charge in [-0.25, -0.2) is 32.6 Å². The first-order valence-electron chi connectivity index (χ1n) is 37.4. The summed E-state index contributed by atoms with van der Waals surface area (Å²) in [6, 6.07) is 10.4. The number of aliphatic hydroxyl groups excluding tert-OH is 2. The van der Waals surface area contributed by atoms with E-state index in [1.807, 2.05) is 62.4 Å². The fourth-order valence-corrected chi connectivity index (χ4v) is 19.4. The topological polar surface area (TPSA) is 637 Å². The van der Waals surface area contributed by atoms with Gasteiger partial charge < -0.3 is 99.8 Å². The summed E-state index contributed by atoms with van der Waals surface area (Å²) in [5.74, 6) is -1.29. The molecule has 676 valence electrons. The fraction of sp³-hybridized carbons (Fsp3) is 0.522. The van der Waals surface area contributed by atoms with Gasteiger partial charge in [0, 0.05) is 114 Å². The Morgan fingerprint density at radius 3 is 2.11 bits per heavy atom. The molecule has 4 aromatic rings. The lowest BCUT2D eigenvalue weighted by Crippen LogP contribution is -2.48. The average molecular weight is 1880 g/mol. The van der Waals surface area contributed by atoms with Gasteiger partial charge >= 0.3 is 48.8 Å². The maximum absolute atomic E-state index is 13.8. The number of fused-ring (bicyclic) bond motifs is 2. The van der Waals surface area contributed by atoms with E-state index < -0.39 is 144 Å². The van der Waals surface area contributed by atoms with Crippen molar-refractivity contribution in [1.82, 2.24) is 35.1 Å². The number of amides is 4. The number of ether oxygens (including phenoxy) is 6. The normalized spacial score (nSPS) is 20.5. The molecule has 0 bridgehead atoms. The van der Waals surface area contributed by atoms with Crippen LogP contribution in [-0.4, -0.2) is 233 Å². The molecule has 2 fully saturated rings. The van der Waals surface area contributed by atoms with Crippen molar-refractivity contribution in [3.8, 4) is 0 Å². The minimum absolute atomic E-state index is 0.0210. The van der Waals surface area contributed by atoms with Crippen molar-refractivity contribution in [2.24, 2.45) is 0 Å². The molecular weight excluding hydrogens is 1780 g/mol. The highest BCUT2D eigenvalue weighted by Crippen LogP contribution is 2.66. The predicted molar refractivity (Wildman–Crippen MR) is 437 cm³/mol. The van der Waals surface area contributed by atoms with Gasteiger partial charge in [-0.1, -0.05) is 65.8 Å². The molecule has 9 atom stereocenters. The largest absolute Gasteiger partial charge is 0.691 e. The van der Waals surface area contributed by atoms with Gasteiger partial charge in [-0.15, -0.1) is 0 Å². The number of phosphoric ester groups is 2. The number of unbranched alkanes of at least 4 members (excludes halogenated alkanes) is 2. The molecule has 2 saturated heterocycles. The molecule has 0 radical (unpaired) electrons. The van der Waals surface area contributed by atoms with Crippen LogP contribution in [0.5, 0.6) is 0 Å². The van der Waals surface area contributed by atoms with Gasteiger partial charge in [-0.2, -0.15) is 35.9 Å². The molecule has 4 amide bonds. The van der Waals surface area contributed by atoms with Crippen LogP contribution in [-0.2, 0) is 109 Å². The Bertz CT molecular complexity index is 4930. The molecule has 0 spiro atoms. The molecule has 2 aromatic heterocycles. The molecule has 4 aliphatic rings. The zero-order valence-electron chi connectivity index (χ0n) is 66.2. The summed E-state index contributed by atoms with van der Waals surface area (Å²) < 4.78 is 139. The fourth-order valence-electron chi connectivity index (χ4n) is 12.9. The van der Waals surface area contributed by atoms with E-state index >= 15 is 0 Å². The summed E-state index contributed by atoms with van der Waals surface area (Å²) in [5.41, 5.74) is 8.58. The van der Waals surface area contributed by atoms with Crippen molar-refractivity contribution >= 4 is 134 Å². The number of hydrogen-bond donors (Lipinski definition) is 14. The average Bonchev–Trinajstić information content (AvgIpc) is 1.59. The van der Waals surface area contributed by atoms with Gasteiger partial charge in [0.05, 0.1) is 87.4 Å². The third-order valence-corrected chi connectivity index (χ3v) is 26.9. The Balaban J connectivity index is 0.792. The number of aliphatic hydroxyl groups is 2. The lowest BCUT2D eigenvalue weighted by Gasteiger charge is -2.25. The molecule has 15 N–H and O–H groups in total. The first kappa shape index (κ1) is 101. The van der Waals surface area contributed by atoms with Crippen molar-refractivity contribution in [3.63, 3.8) is 0 Å². The molecule has 45 nitrogen and oxygen atoms in total. The van der Waals surface area contributed by atoms with E-state index in [2.05, 4.69) is 88.5 Å². The van der Waals surface area contributed by atoms with Crippen LogP contribution in [0.1, 0.15) is 109 Å². The number of aromatic nitrogens is 4. The SMILES string of the molecule is CCN1/C(=C/C=C/C=C/C2=[N+](CCCCCC(=O)NC(CSSCCCOC(=O)Nc3ccn([C@H]4C[C@@H](O)[C@@H](COP(=O)(O)OP(=O)(O)OP(=O)(O)O)O4)c(=O)n3)C(=O)NCCOCCOCCOCC(=O)NC/C=C/c3cn([C@H]4C[C@@H](O)[C@@H](COP(=O)(O)O)O4)c(=O)nc3N)c3ccc(S(=O)(=O)O)cc3C2(C)C)C(C)(C)c2cc(SOO[O-])ccc21. The number of nitrogen functional groups attached to an aromatic ring is 1. The molecule has 6 heterocycles. The van der Waals surface area contributed by atoms with E-state index in [0.717, 1.165) is 55.7 Å². The van der Waals surface area contributed by atoms with Crippen LogP contribution in [0.4, 0.5) is 27.8 Å². The summed E-state index contributed by atoms with van der Waals surface area (Å²) >= 11 is 0.817. The first-order valence-corrected chi connectivity index (χ1v) is 48.1. The number of hydrogen-bond acceptors (Lipinski definition) is 34. The number of carbonyl (C=O) groups excluding carboxylic acids is 4. The van der Waals surface area contributed by atoms with Crippen LogP contribution in [0.25, 0.3) is 6.08 Å². The summed E-state index contributed by atoms with van der Waals surface area (Å²) in [6.07, 6.45) is 8.10. The maximum atomic E-state index is 13.8. The molecule has 4 aliphatic heterocycles. The van der Waals surface area contributed by atoms with Crippen LogP contribution < -0.4 is 48.5 Å². The van der Waals surface area contributed by atoms with Crippen LogP contribution in [0, 0.1) is 0 Å². The highest BCUT2D eigenvalue weighted by Gasteiger charge is 2.47. The number of carbonyl (C=O) groups is 4. The van der Waals surface area contributed by atoms with Gasteiger partial charge in [0.2, 0.25) is 23.4 Å². The Morgan fingerprint density at radius 2 is 1.43 bits per heavy atom. The molecule has 53 heteroatoms. The van der Waals surface area contributed by atoms with Crippen molar-refractivity contribution in [2.45, 2.75) is 143 Å². The highest BCUT2D eigenvalue weighted by atomic mass is 33.1. The Hall–Kier alpha value is -6.81. The highest BCUT2D eigenvalue weighted by molar-refractivity contribution is 8.76. The minimum Gasteiger partial charge on any atom is -0.691 e. The van der Waals surface area contributed by atoms with Crippen LogP contribution >= 0.6 is 64.9 Å². The van der Waals surface area contributed by atoms with Gasteiger partial charge in [-0.3, -0.25) is 47.5 Å². The number of benzene rings is 2. The Morgan fingerprint density at radius 1 is 0.754 bits per heavy atom. The van der Waals surface area contributed by atoms with E-state index in [1.165, 1.54) is 58.1 Å². The van der Waals surface area contributed by atoms with E-state index in [4.69, 9.17) is 53.7 Å². The standard InChI is InChI=1S/C69H97N11O34P4S4/c1-6-77-50-21-19-45(121-112-111-89)35-47(50)68(2,3)56(77)16-9-7-10-17-57-69(4,5)48-36-46(122(100,101)102)20-22-51(48)78(57)26-12-8-11-18-59(83)73-49(43-120-119-34-14-28-106-67(88)75-58-23-27-79(65(86)74-58)61-37-52(81)55(109-61)41-108-117(96,97)114-118(98,99)113-116(93,94)95)64(85)72-25-29-103-30-31-104-32-33-105-42-60(84)71-24-13-15-44-39-80(66(87)76-63(44)70)62-38-53(82)54(110-62)40-107-115(90,91)92/h7,9-10,13,15-17,19-23,27,35-36,39,49,52-55,61-62,81-82H,6,8,11-12,14,18,24-26,28-34,37-38,40-43H2,1-5H3,(H13-,70,71,72,73,74,75,76,83,84,85,86,87,88,89,90,91,92,93,94,95,96,97,98,99,100,101,102)/b15-13+/t49?,52-,53-,54-,55-,61-,62-/m1/s1. The van der Waals surface area contributed by atoms with E-state index in [9.17, 15) is 85.3 Å². The smallest absolute Gasteiger partial charge is 0.490 e. The monoisotopic (exact) mass is 1880 g/mol. The predicted octanol–water partition coefficient (Wildman–Crippen LogP) is 3.86. The van der Waals surface area contributed by atoms with Crippen molar-refractivity contribution in [3.05, 3.63) is 135 Å². The Labute approximate surface area is 711 Å². The number of anilines is 3. The maximum Gasteiger partial charge on any atom is 0.490 e. The first-order chi connectivity index (χ1) is 57.5. The summed E-state index contributed by atoms with van der Waals surface area (Å²) in [7, 11) is -23.9. The van der Waals surface area contributed by atoms with Crippen molar-refractivity contribution in [2.75, 3.05) is 113 Å². The zero-order chi connectivity index (χ0) is 89.4. The minimum atomic E-state index is -5.83. The van der Waals surface area contributed by atoms with Crippen LogP contribution in [0.3, 0.4) is 0 Å². The molecule has 8 rings (SSSR count). The quantitative estimate of drug-likeness (QED) is 0.00343. The van der Waals surface area contributed by atoms with Gasteiger partial charge in [-0.05, 0) is 88.1 Å². The summed E-state index contributed by atoms with van der Waals surface area (Å²) in [6.45, 7) is 9.76. The lowest BCUT2D eigenvalue weighted by molar-refractivity contribution is -0.777. The second-order valence-corrected chi connectivity index (χ2v) is 38.6. The third-order valence-electron chi connectivity index (χ3n) is 18.7. The van der Waals surface area contributed by atoms with E-state index in [1.54, 1.807) is 6.07 Å². The second kappa shape index (κ2) is 46.1. The number of rotatable bonds is 50. The van der Waals surface area contributed by atoms with Crippen molar-refractivity contribution in [1.29, 1.82) is 0 Å². The molecule has 0 aliphatic carbocycles. The summed E-state index contributed by atoms with van der Waals surface area (Å²) in [4.78, 5) is 143. The van der Waals surface area contributed by atoms with Crippen LogP contribution in [0.15, 0.2) is 116 Å². The third kappa shape index (κ3) is 30.8. The Kier molecular flexibility index (Phi) is 38.0. The van der Waals surface area contributed by atoms with Crippen LogP contribution in [0.2, 0.25) is 0 Å².